The van der Waals surface area contributed by atoms with Crippen LogP contribution in [0.4, 0.5) is 5.69 Å². The Labute approximate surface area is 184 Å². The average Bonchev–Trinajstić information content (AvgIpc) is 3.68. The normalized spacial score (nSPS) is 20.8. The lowest BCUT2D eigenvalue weighted by molar-refractivity contribution is -0.201. The lowest BCUT2D eigenvalue weighted by Gasteiger charge is -2.28. The molecule has 7 nitrogen and oxygen atoms in total. The maximum Gasteiger partial charge on any atom is 0.280 e. The van der Waals surface area contributed by atoms with E-state index in [2.05, 4.69) is 37.9 Å². The van der Waals surface area contributed by atoms with Gasteiger partial charge in [-0.25, -0.2) is 0 Å². The zero-order valence-corrected chi connectivity index (χ0v) is 18.5. The molecular weight excluding hydrogens is 448 g/mol. The molecule has 2 aliphatic carbocycles. The summed E-state index contributed by atoms with van der Waals surface area (Å²) in [7, 11) is 1.67. The summed E-state index contributed by atoms with van der Waals surface area (Å²) in [5, 5.41) is 3.61. The molecule has 1 spiro atoms. The van der Waals surface area contributed by atoms with Crippen LogP contribution in [0.25, 0.3) is 0 Å². The zero-order valence-electron chi connectivity index (χ0n) is 16.9. The highest BCUT2D eigenvalue weighted by molar-refractivity contribution is 9.10. The molecule has 1 aromatic carbocycles. The summed E-state index contributed by atoms with van der Waals surface area (Å²) in [5.41, 5.74) is 1.90. The molecular formula is C22H25BrN4O3. The van der Waals surface area contributed by atoms with Crippen LogP contribution >= 0.6 is 15.9 Å². The minimum atomic E-state index is -0.391. The van der Waals surface area contributed by atoms with E-state index in [4.69, 9.17) is 15.3 Å². The number of ether oxygens (including phenoxy) is 2. The monoisotopic (exact) mass is 472 g/mol. The molecule has 2 saturated carbocycles. The summed E-state index contributed by atoms with van der Waals surface area (Å²) in [6.07, 6.45) is 5.68. The standard InChI is InChI=1S/C22H25BrN4O3/c1-27(19-7-6-16(10-17(19)23)5-4-15-2-3-15)21(28)18(26-24)11-25-12-20-29-13-22(8-9-22)14-30-20/h6-7,10-11,15,20H,2-3,8-9,12-14,24H2,1H3/b25-11?,26-18+. The van der Waals surface area contributed by atoms with Gasteiger partial charge in [-0.1, -0.05) is 11.8 Å². The van der Waals surface area contributed by atoms with Crippen LogP contribution in [0.15, 0.2) is 32.8 Å². The number of amides is 1. The van der Waals surface area contributed by atoms with Gasteiger partial charge in [0.05, 0.1) is 31.7 Å². The van der Waals surface area contributed by atoms with E-state index < -0.39 is 6.29 Å². The molecule has 1 aliphatic heterocycles. The van der Waals surface area contributed by atoms with Crippen molar-refractivity contribution < 1.29 is 14.3 Å². The van der Waals surface area contributed by atoms with E-state index in [1.54, 1.807) is 7.05 Å². The minimum Gasteiger partial charge on any atom is -0.350 e. The molecule has 1 aromatic rings. The smallest absolute Gasteiger partial charge is 0.280 e. The third kappa shape index (κ3) is 5.09. The fourth-order valence-electron chi connectivity index (χ4n) is 3.12. The van der Waals surface area contributed by atoms with Crippen molar-refractivity contribution in [1.29, 1.82) is 0 Å². The largest absolute Gasteiger partial charge is 0.350 e. The summed E-state index contributed by atoms with van der Waals surface area (Å²) >= 11 is 3.53. The van der Waals surface area contributed by atoms with Crippen LogP contribution in [-0.2, 0) is 14.3 Å². The van der Waals surface area contributed by atoms with Gasteiger partial charge in [0.1, 0.15) is 0 Å². The van der Waals surface area contributed by atoms with Gasteiger partial charge in [-0.3, -0.25) is 9.79 Å². The molecule has 158 valence electrons. The molecule has 30 heavy (non-hydrogen) atoms. The lowest BCUT2D eigenvalue weighted by atomic mass is 10.1. The van der Waals surface area contributed by atoms with E-state index in [9.17, 15) is 4.79 Å². The number of benzene rings is 1. The zero-order chi connectivity index (χ0) is 21.1. The average molecular weight is 473 g/mol. The fraction of sp³-hybridized carbons (Fsp3) is 0.500. The minimum absolute atomic E-state index is 0.0523. The van der Waals surface area contributed by atoms with Crippen molar-refractivity contribution in [2.45, 2.75) is 32.0 Å². The molecule has 8 heteroatoms. The number of rotatable bonds is 5. The third-order valence-corrected chi connectivity index (χ3v) is 6.18. The number of halogens is 1. The number of hydrogen-bond donors (Lipinski definition) is 1. The molecule has 0 unspecified atom stereocenters. The molecule has 0 bridgehead atoms. The van der Waals surface area contributed by atoms with Gasteiger partial charge in [-0.15, -0.1) is 0 Å². The summed E-state index contributed by atoms with van der Waals surface area (Å²) in [6.45, 7) is 1.72. The number of carbonyl (C=O) groups is 1. The first-order valence-corrected chi connectivity index (χ1v) is 10.9. The first-order valence-electron chi connectivity index (χ1n) is 10.1. The Hall–Kier alpha value is -2.21. The van der Waals surface area contributed by atoms with Gasteiger partial charge in [0.15, 0.2) is 12.0 Å². The third-order valence-electron chi connectivity index (χ3n) is 5.55. The molecule has 0 atom stereocenters. The Kier molecular flexibility index (Phi) is 6.23. The van der Waals surface area contributed by atoms with Crippen molar-refractivity contribution in [2.24, 2.45) is 27.3 Å². The van der Waals surface area contributed by atoms with Crippen LogP contribution < -0.4 is 10.7 Å². The van der Waals surface area contributed by atoms with Gasteiger partial charge in [0.2, 0.25) is 0 Å². The molecule has 1 amide bonds. The quantitative estimate of drug-likeness (QED) is 0.308. The van der Waals surface area contributed by atoms with Gasteiger partial charge in [0, 0.05) is 28.4 Å². The number of anilines is 1. The van der Waals surface area contributed by atoms with Gasteiger partial charge < -0.3 is 20.2 Å². The predicted octanol–water partition coefficient (Wildman–Crippen LogP) is 2.71. The number of nitrogens with zero attached hydrogens (tertiary/aromatic N) is 3. The summed E-state index contributed by atoms with van der Waals surface area (Å²) in [6, 6.07) is 5.66. The van der Waals surface area contributed by atoms with Gasteiger partial charge in [-0.05, 0) is 59.8 Å². The van der Waals surface area contributed by atoms with Crippen LogP contribution in [-0.4, -0.2) is 50.9 Å². The molecule has 3 aliphatic rings. The molecule has 3 fully saturated rings. The van der Waals surface area contributed by atoms with Crippen LogP contribution in [0.5, 0.6) is 0 Å². The molecule has 2 N–H and O–H groups in total. The highest BCUT2D eigenvalue weighted by Gasteiger charge is 2.46. The number of nitrogens with two attached hydrogens (primary N) is 1. The predicted molar refractivity (Wildman–Crippen MR) is 119 cm³/mol. The molecule has 1 heterocycles. The van der Waals surface area contributed by atoms with E-state index in [0.29, 0.717) is 31.4 Å². The van der Waals surface area contributed by atoms with Crippen molar-refractivity contribution in [1.82, 2.24) is 0 Å². The summed E-state index contributed by atoms with van der Waals surface area (Å²) in [5.74, 6) is 12.0. The molecule has 1 saturated heterocycles. The molecule has 0 radical (unpaired) electrons. The van der Waals surface area contributed by atoms with Gasteiger partial charge in [0.25, 0.3) is 5.91 Å². The number of carbonyl (C=O) groups excluding carboxylic acids is 1. The highest BCUT2D eigenvalue weighted by Crippen LogP contribution is 2.48. The topological polar surface area (TPSA) is 89.5 Å². The van der Waals surface area contributed by atoms with Crippen LogP contribution in [0, 0.1) is 23.2 Å². The van der Waals surface area contributed by atoms with E-state index >= 15 is 0 Å². The van der Waals surface area contributed by atoms with Crippen molar-refractivity contribution in [3.63, 3.8) is 0 Å². The van der Waals surface area contributed by atoms with Crippen molar-refractivity contribution >= 4 is 39.5 Å². The number of aliphatic imine (C=N–C) groups is 1. The lowest BCUT2D eigenvalue weighted by Crippen LogP contribution is -2.36. The Morgan fingerprint density at radius 1 is 1.37 bits per heavy atom. The highest BCUT2D eigenvalue weighted by atomic mass is 79.9. The Morgan fingerprint density at radius 2 is 2.10 bits per heavy atom. The Morgan fingerprint density at radius 3 is 2.70 bits per heavy atom. The maximum atomic E-state index is 12.8. The number of hydrogen-bond acceptors (Lipinski definition) is 6. The summed E-state index contributed by atoms with van der Waals surface area (Å²) < 4.78 is 12.2. The van der Waals surface area contributed by atoms with E-state index in [-0.39, 0.29) is 17.0 Å². The summed E-state index contributed by atoms with van der Waals surface area (Å²) in [4.78, 5) is 18.6. The Bertz CT molecular complexity index is 931. The molecule has 0 aromatic heterocycles. The Balaban J connectivity index is 1.35. The second-order valence-corrected chi connectivity index (χ2v) is 8.99. The van der Waals surface area contributed by atoms with E-state index in [1.807, 2.05) is 18.2 Å². The van der Waals surface area contributed by atoms with Gasteiger partial charge in [-0.2, -0.15) is 5.10 Å². The van der Waals surface area contributed by atoms with E-state index in [1.165, 1.54) is 24.0 Å². The van der Waals surface area contributed by atoms with Crippen LogP contribution in [0.2, 0.25) is 0 Å². The first-order chi connectivity index (χ1) is 14.5. The van der Waals surface area contributed by atoms with Crippen LogP contribution in [0.3, 0.4) is 0 Å². The second kappa shape index (κ2) is 8.88. The van der Waals surface area contributed by atoms with E-state index in [0.717, 1.165) is 22.9 Å². The molecule has 4 rings (SSSR count). The SMILES string of the molecule is CN(C(=O)/C(C=NCC1OCC2(CC2)CO1)=N/N)c1ccc(C#CC2CC2)cc1Br. The maximum absolute atomic E-state index is 12.8. The van der Waals surface area contributed by atoms with Crippen LogP contribution in [0.1, 0.15) is 31.2 Å². The van der Waals surface area contributed by atoms with Gasteiger partial charge >= 0.3 is 0 Å². The fourth-order valence-corrected chi connectivity index (χ4v) is 3.76. The van der Waals surface area contributed by atoms with Crippen molar-refractivity contribution in [2.75, 3.05) is 31.7 Å². The van der Waals surface area contributed by atoms with Crippen molar-refractivity contribution in [3.8, 4) is 11.8 Å². The first kappa shape index (κ1) is 21.0. The number of hydrazone groups is 1. The second-order valence-electron chi connectivity index (χ2n) is 8.13. The van der Waals surface area contributed by atoms with Crippen molar-refractivity contribution in [3.05, 3.63) is 28.2 Å².